The number of halogens is 1. The minimum Gasteiger partial charge on any atom is -0.355 e. The van der Waals surface area contributed by atoms with Crippen LogP contribution < -0.4 is 10.6 Å². The van der Waals surface area contributed by atoms with E-state index in [4.69, 9.17) is 0 Å². The molecule has 1 aromatic rings. The molecule has 4 fully saturated rings. The summed E-state index contributed by atoms with van der Waals surface area (Å²) in [5.74, 6) is 2.49. The Labute approximate surface area is 182 Å². The van der Waals surface area contributed by atoms with E-state index in [9.17, 15) is 9.59 Å². The monoisotopic (exact) mass is 460 g/mol. The first-order valence-corrected chi connectivity index (χ1v) is 11.9. The Balaban J connectivity index is 1.22. The fourth-order valence-corrected chi connectivity index (χ4v) is 6.54. The topological polar surface area (TPSA) is 58.2 Å². The quantitative estimate of drug-likeness (QED) is 0.625. The molecule has 29 heavy (non-hydrogen) atoms. The number of benzene rings is 1. The van der Waals surface area contributed by atoms with Crippen LogP contribution in [0.5, 0.6) is 0 Å². The normalized spacial score (nSPS) is 30.2. The van der Waals surface area contributed by atoms with Gasteiger partial charge in [-0.3, -0.25) is 9.59 Å². The van der Waals surface area contributed by atoms with Crippen molar-refractivity contribution in [1.29, 1.82) is 0 Å². The van der Waals surface area contributed by atoms with Crippen molar-refractivity contribution < 1.29 is 9.59 Å². The molecule has 4 nitrogen and oxygen atoms in total. The van der Waals surface area contributed by atoms with Crippen molar-refractivity contribution in [3.05, 3.63) is 34.3 Å². The predicted octanol–water partition coefficient (Wildman–Crippen LogP) is 4.57. The molecule has 0 spiro atoms. The zero-order valence-electron chi connectivity index (χ0n) is 17.6. The van der Waals surface area contributed by atoms with Gasteiger partial charge in [0.2, 0.25) is 11.8 Å². The molecule has 2 N–H and O–H groups in total. The van der Waals surface area contributed by atoms with E-state index in [0.717, 1.165) is 41.5 Å². The van der Waals surface area contributed by atoms with Crippen LogP contribution in [0.1, 0.15) is 64.4 Å². The highest BCUT2D eigenvalue weighted by Gasteiger charge is 2.54. The molecule has 4 bridgehead atoms. The van der Waals surface area contributed by atoms with Crippen molar-refractivity contribution in [3.63, 3.8) is 0 Å². The molecule has 2 amide bonds. The molecule has 0 atom stereocenters. The van der Waals surface area contributed by atoms with Gasteiger partial charge < -0.3 is 10.6 Å². The fraction of sp³-hybridized carbons (Fsp3) is 0.667. The van der Waals surface area contributed by atoms with Crippen LogP contribution in [-0.4, -0.2) is 24.9 Å². The summed E-state index contributed by atoms with van der Waals surface area (Å²) < 4.78 is 1.05. The maximum Gasteiger partial charge on any atom is 0.226 e. The molecule has 4 aliphatic rings. The molecule has 0 saturated heterocycles. The van der Waals surface area contributed by atoms with E-state index in [1.165, 1.54) is 24.8 Å². The van der Waals surface area contributed by atoms with E-state index in [-0.39, 0.29) is 22.6 Å². The standard InChI is InChI=1S/C24H33BrN2O2/c1-23(2,19-3-5-20(25)6-4-19)15-27-21(28)7-8-26-22(29)24-12-16-9-17(13-24)11-18(10-16)14-24/h3-6,16-18H,7-15H2,1-2H3,(H,26,29)(H,27,28). The Bertz CT molecular complexity index is 736. The zero-order chi connectivity index (χ0) is 20.6. The maximum atomic E-state index is 13.0. The lowest BCUT2D eigenvalue weighted by Gasteiger charge is -2.55. The Morgan fingerprint density at radius 3 is 2.10 bits per heavy atom. The highest BCUT2D eigenvalue weighted by molar-refractivity contribution is 9.10. The van der Waals surface area contributed by atoms with E-state index >= 15 is 0 Å². The van der Waals surface area contributed by atoms with Gasteiger partial charge in [0.1, 0.15) is 0 Å². The first-order chi connectivity index (χ1) is 13.8. The van der Waals surface area contributed by atoms with Gasteiger partial charge in [-0.15, -0.1) is 0 Å². The van der Waals surface area contributed by atoms with Crippen LogP contribution in [0.25, 0.3) is 0 Å². The summed E-state index contributed by atoms with van der Waals surface area (Å²) in [4.78, 5) is 25.3. The van der Waals surface area contributed by atoms with Crippen molar-refractivity contribution in [2.75, 3.05) is 13.1 Å². The van der Waals surface area contributed by atoms with Crippen molar-refractivity contribution in [3.8, 4) is 0 Å². The lowest BCUT2D eigenvalue weighted by Crippen LogP contribution is -2.53. The number of amides is 2. The smallest absolute Gasteiger partial charge is 0.226 e. The first kappa shape index (κ1) is 20.9. The summed E-state index contributed by atoms with van der Waals surface area (Å²) in [5.41, 5.74) is 0.921. The van der Waals surface area contributed by atoms with Gasteiger partial charge in [-0.05, 0) is 74.0 Å². The van der Waals surface area contributed by atoms with Gasteiger partial charge in [0.15, 0.2) is 0 Å². The summed E-state index contributed by atoms with van der Waals surface area (Å²) in [5, 5.41) is 6.14. The molecule has 5 heteroatoms. The van der Waals surface area contributed by atoms with Gasteiger partial charge >= 0.3 is 0 Å². The van der Waals surface area contributed by atoms with Crippen LogP contribution in [-0.2, 0) is 15.0 Å². The van der Waals surface area contributed by atoms with E-state index in [1.807, 2.05) is 12.1 Å². The number of carbonyl (C=O) groups excluding carboxylic acids is 2. The van der Waals surface area contributed by atoms with Gasteiger partial charge in [-0.25, -0.2) is 0 Å². The first-order valence-electron chi connectivity index (χ1n) is 11.1. The Morgan fingerprint density at radius 2 is 1.55 bits per heavy atom. The van der Waals surface area contributed by atoms with Gasteiger partial charge in [-0.1, -0.05) is 41.9 Å². The summed E-state index contributed by atoms with van der Waals surface area (Å²) in [7, 11) is 0. The lowest BCUT2D eigenvalue weighted by atomic mass is 9.49. The Morgan fingerprint density at radius 1 is 1.00 bits per heavy atom. The second-order valence-electron chi connectivity index (χ2n) is 10.4. The molecule has 0 aliphatic heterocycles. The molecule has 0 aromatic heterocycles. The van der Waals surface area contributed by atoms with Crippen molar-refractivity contribution in [2.24, 2.45) is 23.2 Å². The summed E-state index contributed by atoms with van der Waals surface area (Å²) in [6, 6.07) is 8.22. The summed E-state index contributed by atoms with van der Waals surface area (Å²) in [6.07, 6.45) is 7.55. The van der Waals surface area contributed by atoms with Crippen molar-refractivity contribution in [2.45, 2.75) is 64.2 Å². The van der Waals surface area contributed by atoms with Gasteiger partial charge in [0.25, 0.3) is 0 Å². The fourth-order valence-electron chi connectivity index (χ4n) is 6.28. The van der Waals surface area contributed by atoms with Gasteiger partial charge in [0.05, 0.1) is 0 Å². The van der Waals surface area contributed by atoms with Gasteiger partial charge in [-0.2, -0.15) is 0 Å². The number of nitrogens with one attached hydrogen (secondary N) is 2. The van der Waals surface area contributed by atoms with E-state index < -0.39 is 0 Å². The molecule has 0 heterocycles. The second kappa shape index (κ2) is 8.05. The molecule has 4 saturated carbocycles. The third-order valence-electron chi connectivity index (χ3n) is 7.51. The average Bonchev–Trinajstić information content (AvgIpc) is 2.66. The van der Waals surface area contributed by atoms with Crippen molar-refractivity contribution in [1.82, 2.24) is 10.6 Å². The predicted molar refractivity (Wildman–Crippen MR) is 118 cm³/mol. The minimum atomic E-state index is -0.140. The number of carbonyl (C=O) groups is 2. The second-order valence-corrected chi connectivity index (χ2v) is 11.3. The zero-order valence-corrected chi connectivity index (χ0v) is 19.2. The number of hydrogen-bond donors (Lipinski definition) is 2. The molecule has 158 valence electrons. The highest BCUT2D eigenvalue weighted by atomic mass is 79.9. The minimum absolute atomic E-state index is 0.000925. The molecule has 4 aliphatic carbocycles. The van der Waals surface area contributed by atoms with Crippen LogP contribution in [0.3, 0.4) is 0 Å². The van der Waals surface area contributed by atoms with Crippen LogP contribution >= 0.6 is 15.9 Å². The Kier molecular flexibility index (Phi) is 5.80. The third-order valence-corrected chi connectivity index (χ3v) is 8.04. The summed E-state index contributed by atoms with van der Waals surface area (Å²) >= 11 is 3.46. The van der Waals surface area contributed by atoms with Crippen LogP contribution in [0.2, 0.25) is 0 Å². The molecular formula is C24H33BrN2O2. The molecule has 1 aromatic carbocycles. The highest BCUT2D eigenvalue weighted by Crippen LogP contribution is 2.60. The van der Waals surface area contributed by atoms with Crippen LogP contribution in [0.15, 0.2) is 28.7 Å². The van der Waals surface area contributed by atoms with E-state index in [2.05, 4.69) is 52.5 Å². The van der Waals surface area contributed by atoms with E-state index in [0.29, 0.717) is 19.5 Å². The third kappa shape index (κ3) is 4.55. The van der Waals surface area contributed by atoms with Crippen LogP contribution in [0, 0.1) is 23.2 Å². The maximum absolute atomic E-state index is 13.0. The van der Waals surface area contributed by atoms with Gasteiger partial charge in [0, 0.05) is 34.8 Å². The molecule has 0 unspecified atom stereocenters. The number of rotatable bonds is 7. The van der Waals surface area contributed by atoms with Crippen LogP contribution in [0.4, 0.5) is 0 Å². The molecular weight excluding hydrogens is 428 g/mol. The number of hydrogen-bond acceptors (Lipinski definition) is 2. The Hall–Kier alpha value is -1.36. The SMILES string of the molecule is CC(C)(CNC(=O)CCNC(=O)C12CC3CC(CC(C3)C1)C2)c1ccc(Br)cc1. The summed E-state index contributed by atoms with van der Waals surface area (Å²) in [6.45, 7) is 5.28. The molecule has 0 radical (unpaired) electrons. The average molecular weight is 461 g/mol. The van der Waals surface area contributed by atoms with E-state index in [1.54, 1.807) is 0 Å². The van der Waals surface area contributed by atoms with Crippen molar-refractivity contribution >= 4 is 27.7 Å². The molecule has 5 rings (SSSR count). The largest absolute Gasteiger partial charge is 0.355 e. The lowest BCUT2D eigenvalue weighted by molar-refractivity contribution is -0.146.